The number of aromatic nitrogens is 2. The van der Waals surface area contributed by atoms with Crippen LogP contribution in [0.3, 0.4) is 0 Å². The Bertz CT molecular complexity index is 457. The number of hydrogen-bond donors (Lipinski definition) is 1. The molecule has 1 aliphatic carbocycles. The van der Waals surface area contributed by atoms with Crippen LogP contribution >= 0.6 is 23.3 Å². The van der Waals surface area contributed by atoms with E-state index in [-0.39, 0.29) is 16.2 Å². The molecular weight excluding hydrogens is 289 g/mol. The van der Waals surface area contributed by atoms with Crippen LogP contribution in [-0.4, -0.2) is 26.2 Å². The van der Waals surface area contributed by atoms with Crippen molar-refractivity contribution < 1.29 is 23.1 Å². The highest BCUT2D eigenvalue weighted by atomic mass is 32.2. The Hall–Kier alpha value is -0.830. The number of carboxylic acid groups (broad SMARTS) is 1. The molecule has 0 saturated heterocycles. The van der Waals surface area contributed by atoms with Crippen LogP contribution < -0.4 is 0 Å². The predicted molar refractivity (Wildman–Crippen MR) is 59.6 cm³/mol. The van der Waals surface area contributed by atoms with Crippen LogP contribution in [0.5, 0.6) is 0 Å². The van der Waals surface area contributed by atoms with E-state index in [1.807, 2.05) is 0 Å². The van der Waals surface area contributed by atoms with E-state index in [2.05, 4.69) is 9.36 Å². The molecular formula is C9H9F3N2O2S2. The van der Waals surface area contributed by atoms with Gasteiger partial charge in [-0.25, -0.2) is 4.98 Å². The van der Waals surface area contributed by atoms with E-state index in [1.54, 1.807) is 0 Å². The number of hydrogen-bond acceptors (Lipinski definition) is 5. The number of rotatable bonds is 5. The van der Waals surface area contributed by atoms with Crippen LogP contribution in [0.15, 0.2) is 4.34 Å². The second-order valence-electron chi connectivity index (χ2n) is 4.24. The zero-order valence-corrected chi connectivity index (χ0v) is 10.7. The number of carbonyl (C=O) groups is 1. The quantitative estimate of drug-likeness (QED) is 0.847. The van der Waals surface area contributed by atoms with Crippen LogP contribution in [0.2, 0.25) is 0 Å². The van der Waals surface area contributed by atoms with Crippen molar-refractivity contribution in [1.29, 1.82) is 0 Å². The van der Waals surface area contributed by atoms with Crippen molar-refractivity contribution >= 4 is 29.3 Å². The molecule has 0 unspecified atom stereocenters. The first kappa shape index (κ1) is 13.6. The van der Waals surface area contributed by atoms with Crippen LogP contribution in [0.4, 0.5) is 13.2 Å². The second-order valence-corrected chi connectivity index (χ2v) is 6.22. The number of thioether (sulfide) groups is 1. The number of alkyl halides is 3. The van der Waals surface area contributed by atoms with E-state index in [4.69, 9.17) is 5.11 Å². The topological polar surface area (TPSA) is 63.1 Å². The predicted octanol–water partition coefficient (Wildman–Crippen LogP) is 2.90. The highest BCUT2D eigenvalue weighted by Crippen LogP contribution is 2.52. The summed E-state index contributed by atoms with van der Waals surface area (Å²) >= 11 is 1.85. The van der Waals surface area contributed by atoms with Gasteiger partial charge in [0.05, 0.1) is 6.42 Å². The molecule has 100 valence electrons. The van der Waals surface area contributed by atoms with Crippen LogP contribution in [0.25, 0.3) is 0 Å². The van der Waals surface area contributed by atoms with Crippen molar-refractivity contribution in [2.24, 2.45) is 5.41 Å². The number of aliphatic carboxylic acids is 1. The summed E-state index contributed by atoms with van der Waals surface area (Å²) in [6, 6.07) is 0. The van der Waals surface area contributed by atoms with E-state index in [9.17, 15) is 18.0 Å². The highest BCUT2D eigenvalue weighted by molar-refractivity contribution is 8.00. The smallest absolute Gasteiger partial charge is 0.452 e. The summed E-state index contributed by atoms with van der Waals surface area (Å²) < 4.78 is 40.2. The Morgan fingerprint density at radius 2 is 2.17 bits per heavy atom. The summed E-state index contributed by atoms with van der Waals surface area (Å²) in [5, 5.41) is 8.71. The van der Waals surface area contributed by atoms with Gasteiger partial charge in [0.15, 0.2) is 4.34 Å². The third-order valence-corrected chi connectivity index (χ3v) is 4.83. The van der Waals surface area contributed by atoms with Crippen LogP contribution in [0.1, 0.15) is 25.1 Å². The largest absolute Gasteiger partial charge is 0.481 e. The van der Waals surface area contributed by atoms with Gasteiger partial charge < -0.3 is 5.11 Å². The van der Waals surface area contributed by atoms with Crippen LogP contribution in [-0.2, 0) is 11.0 Å². The van der Waals surface area contributed by atoms with Crippen molar-refractivity contribution in [3.05, 3.63) is 5.82 Å². The summed E-state index contributed by atoms with van der Waals surface area (Å²) in [5.74, 6) is -1.52. The van der Waals surface area contributed by atoms with Crippen molar-refractivity contribution in [2.45, 2.75) is 29.8 Å². The molecule has 1 heterocycles. The summed E-state index contributed by atoms with van der Waals surface area (Å²) in [4.78, 5) is 14.0. The zero-order valence-electron chi connectivity index (χ0n) is 9.03. The molecule has 0 aliphatic heterocycles. The lowest BCUT2D eigenvalue weighted by Gasteiger charge is -2.09. The van der Waals surface area contributed by atoms with E-state index in [1.165, 1.54) is 0 Å². The monoisotopic (exact) mass is 298 g/mol. The molecule has 1 aliphatic rings. The van der Waals surface area contributed by atoms with Gasteiger partial charge in [-0.1, -0.05) is 11.8 Å². The number of halogens is 3. The van der Waals surface area contributed by atoms with Gasteiger partial charge in [-0.2, -0.15) is 17.5 Å². The lowest BCUT2D eigenvalue weighted by Crippen LogP contribution is -2.11. The summed E-state index contributed by atoms with van der Waals surface area (Å²) in [7, 11) is 0. The second kappa shape index (κ2) is 4.69. The summed E-state index contributed by atoms with van der Waals surface area (Å²) in [6.07, 6.45) is -2.85. The average Bonchev–Trinajstić information content (AvgIpc) is 2.80. The Morgan fingerprint density at radius 1 is 1.50 bits per heavy atom. The molecule has 1 fully saturated rings. The molecule has 0 spiro atoms. The van der Waals surface area contributed by atoms with E-state index < -0.39 is 18.0 Å². The molecule has 4 nitrogen and oxygen atoms in total. The molecule has 0 aromatic carbocycles. The Labute approximate surface area is 109 Å². The van der Waals surface area contributed by atoms with Crippen molar-refractivity contribution in [3.63, 3.8) is 0 Å². The van der Waals surface area contributed by atoms with Gasteiger partial charge in [0.1, 0.15) is 0 Å². The SMILES string of the molecule is O=C(O)CC1(CSc2nc(C(F)(F)F)ns2)CC1. The Balaban J connectivity index is 1.91. The molecule has 1 N–H and O–H groups in total. The standard InChI is InChI=1S/C9H9F3N2O2S2/c10-9(11,12)6-13-7(18-14-6)17-4-8(1-2-8)3-5(15)16/h1-4H2,(H,15,16). The Morgan fingerprint density at radius 3 is 2.61 bits per heavy atom. The molecule has 0 bridgehead atoms. The minimum Gasteiger partial charge on any atom is -0.481 e. The van der Waals surface area contributed by atoms with E-state index >= 15 is 0 Å². The average molecular weight is 298 g/mol. The number of carboxylic acids is 1. The van der Waals surface area contributed by atoms with E-state index in [0.717, 1.165) is 24.6 Å². The fourth-order valence-electron chi connectivity index (χ4n) is 1.47. The third-order valence-electron chi connectivity index (χ3n) is 2.65. The molecule has 2 rings (SSSR count). The summed E-state index contributed by atoms with van der Waals surface area (Å²) in [5.41, 5.74) is -0.263. The van der Waals surface area contributed by atoms with Gasteiger partial charge in [0, 0.05) is 5.75 Å². The van der Waals surface area contributed by atoms with Crippen molar-refractivity contribution in [3.8, 4) is 0 Å². The maximum Gasteiger partial charge on any atom is 0.452 e. The fourth-order valence-corrected chi connectivity index (χ4v) is 3.37. The Kier molecular flexibility index (Phi) is 3.54. The van der Waals surface area contributed by atoms with Crippen molar-refractivity contribution in [2.75, 3.05) is 5.75 Å². The first-order chi connectivity index (χ1) is 8.31. The first-order valence-electron chi connectivity index (χ1n) is 5.06. The first-order valence-corrected chi connectivity index (χ1v) is 6.82. The molecule has 0 radical (unpaired) electrons. The molecule has 1 aromatic rings. The molecule has 1 aromatic heterocycles. The van der Waals surface area contributed by atoms with Gasteiger partial charge in [0.2, 0.25) is 5.82 Å². The van der Waals surface area contributed by atoms with Gasteiger partial charge in [-0.05, 0) is 29.8 Å². The lowest BCUT2D eigenvalue weighted by atomic mass is 10.1. The van der Waals surface area contributed by atoms with Gasteiger partial charge in [-0.3, -0.25) is 4.79 Å². The normalized spacial score (nSPS) is 17.7. The van der Waals surface area contributed by atoms with Gasteiger partial charge in [-0.15, -0.1) is 0 Å². The van der Waals surface area contributed by atoms with E-state index in [0.29, 0.717) is 17.3 Å². The van der Waals surface area contributed by atoms with Gasteiger partial charge in [0.25, 0.3) is 0 Å². The lowest BCUT2D eigenvalue weighted by molar-refractivity contribution is -0.144. The summed E-state index contributed by atoms with van der Waals surface area (Å²) in [6.45, 7) is 0. The molecule has 9 heteroatoms. The maximum atomic E-state index is 12.3. The molecule has 1 saturated carbocycles. The third kappa shape index (κ3) is 3.35. The fraction of sp³-hybridized carbons (Fsp3) is 0.667. The molecule has 18 heavy (non-hydrogen) atoms. The molecule has 0 atom stereocenters. The maximum absolute atomic E-state index is 12.3. The van der Waals surface area contributed by atoms with Crippen molar-refractivity contribution in [1.82, 2.24) is 9.36 Å². The highest BCUT2D eigenvalue weighted by Gasteiger charge is 2.44. The number of nitrogens with zero attached hydrogens (tertiary/aromatic N) is 2. The zero-order chi connectivity index (χ0) is 13.4. The van der Waals surface area contributed by atoms with Crippen LogP contribution in [0, 0.1) is 5.41 Å². The van der Waals surface area contributed by atoms with Gasteiger partial charge >= 0.3 is 12.1 Å². The molecule has 0 amide bonds. The minimum atomic E-state index is -4.52. The minimum absolute atomic E-state index is 0.0604.